The van der Waals surface area contributed by atoms with Crippen molar-refractivity contribution in [3.63, 3.8) is 0 Å². The molecule has 0 atom stereocenters. The number of ether oxygens (including phenoxy) is 2. The Morgan fingerprint density at radius 3 is 2.29 bits per heavy atom. The number of rotatable bonds is 6. The van der Waals surface area contributed by atoms with E-state index in [-0.39, 0.29) is 12.3 Å². The first-order valence-electron chi connectivity index (χ1n) is 6.67. The van der Waals surface area contributed by atoms with Gasteiger partial charge in [-0.05, 0) is 36.4 Å². The van der Waals surface area contributed by atoms with Gasteiger partial charge in [0.15, 0.2) is 5.78 Å². The summed E-state index contributed by atoms with van der Waals surface area (Å²) in [6, 6.07) is 14.9. The smallest absolute Gasteiger partial charge is 0.185 e. The van der Waals surface area contributed by atoms with E-state index in [2.05, 4.69) is 0 Å². The third kappa shape index (κ3) is 3.54. The fourth-order valence-electron chi connectivity index (χ4n) is 2.10. The molecule has 0 spiro atoms. The maximum Gasteiger partial charge on any atom is 0.185 e. The van der Waals surface area contributed by atoms with Crippen LogP contribution in [0.3, 0.4) is 0 Å². The second-order valence-corrected chi connectivity index (χ2v) is 4.68. The molecule has 0 aliphatic rings. The standard InChI is InChI=1S/C17H19NO3/c1-18(13-8-10-14(20-2)11-9-13)12-16(19)15-6-4-5-7-17(15)21-3/h4-11H,12H2,1-3H3. The van der Waals surface area contributed by atoms with Crippen molar-refractivity contribution in [2.75, 3.05) is 32.7 Å². The SMILES string of the molecule is COc1ccc(N(C)CC(=O)c2ccccc2OC)cc1. The zero-order valence-electron chi connectivity index (χ0n) is 12.5. The van der Waals surface area contributed by atoms with Crippen molar-refractivity contribution in [3.05, 3.63) is 54.1 Å². The maximum absolute atomic E-state index is 12.4. The van der Waals surface area contributed by atoms with Crippen LogP contribution in [0.15, 0.2) is 48.5 Å². The van der Waals surface area contributed by atoms with Crippen LogP contribution in [0.2, 0.25) is 0 Å². The van der Waals surface area contributed by atoms with E-state index in [1.165, 1.54) is 0 Å². The highest BCUT2D eigenvalue weighted by molar-refractivity contribution is 6.01. The van der Waals surface area contributed by atoms with Gasteiger partial charge in [-0.25, -0.2) is 0 Å². The molecule has 0 bridgehead atoms. The quantitative estimate of drug-likeness (QED) is 0.765. The largest absolute Gasteiger partial charge is 0.497 e. The monoisotopic (exact) mass is 285 g/mol. The highest BCUT2D eigenvalue weighted by atomic mass is 16.5. The molecule has 2 aromatic carbocycles. The van der Waals surface area contributed by atoms with Gasteiger partial charge in [0.1, 0.15) is 11.5 Å². The number of anilines is 1. The second kappa shape index (κ2) is 6.79. The Kier molecular flexibility index (Phi) is 4.82. The first kappa shape index (κ1) is 14.9. The fourth-order valence-corrected chi connectivity index (χ4v) is 2.10. The number of benzene rings is 2. The number of methoxy groups -OCH3 is 2. The molecular formula is C17H19NO3. The molecule has 0 aliphatic carbocycles. The number of hydrogen-bond acceptors (Lipinski definition) is 4. The van der Waals surface area contributed by atoms with Crippen LogP contribution in [0.5, 0.6) is 11.5 Å². The lowest BCUT2D eigenvalue weighted by Gasteiger charge is -2.19. The van der Waals surface area contributed by atoms with E-state index < -0.39 is 0 Å². The minimum Gasteiger partial charge on any atom is -0.497 e. The molecule has 0 unspecified atom stereocenters. The van der Waals surface area contributed by atoms with Gasteiger partial charge in [-0.15, -0.1) is 0 Å². The molecule has 2 aromatic rings. The average molecular weight is 285 g/mol. The summed E-state index contributed by atoms with van der Waals surface area (Å²) in [6.45, 7) is 0.284. The van der Waals surface area contributed by atoms with Crippen LogP contribution in [0.25, 0.3) is 0 Å². The Bertz CT molecular complexity index is 608. The molecule has 0 aromatic heterocycles. The van der Waals surface area contributed by atoms with Crippen molar-refractivity contribution in [1.29, 1.82) is 0 Å². The van der Waals surface area contributed by atoms with Crippen molar-refractivity contribution < 1.29 is 14.3 Å². The van der Waals surface area contributed by atoms with Crippen molar-refractivity contribution >= 4 is 11.5 Å². The minimum atomic E-state index is 0.0192. The molecule has 0 saturated heterocycles. The topological polar surface area (TPSA) is 38.8 Å². The molecule has 21 heavy (non-hydrogen) atoms. The van der Waals surface area contributed by atoms with Gasteiger partial charge >= 0.3 is 0 Å². The number of Topliss-reactive ketones (excluding diaryl/α,β-unsaturated/α-hetero) is 1. The summed E-state index contributed by atoms with van der Waals surface area (Å²) in [5.41, 5.74) is 1.56. The summed E-state index contributed by atoms with van der Waals surface area (Å²) in [5.74, 6) is 1.42. The number of carbonyl (C=O) groups is 1. The first-order chi connectivity index (χ1) is 10.2. The molecule has 0 aliphatic heterocycles. The van der Waals surface area contributed by atoms with Crippen LogP contribution < -0.4 is 14.4 Å². The van der Waals surface area contributed by atoms with E-state index in [9.17, 15) is 4.79 Å². The van der Waals surface area contributed by atoms with Crippen molar-refractivity contribution in [1.82, 2.24) is 0 Å². The Balaban J connectivity index is 2.11. The minimum absolute atomic E-state index is 0.0192. The summed E-state index contributed by atoms with van der Waals surface area (Å²) >= 11 is 0. The molecular weight excluding hydrogens is 266 g/mol. The number of hydrogen-bond donors (Lipinski definition) is 0. The second-order valence-electron chi connectivity index (χ2n) is 4.68. The summed E-state index contributed by atoms with van der Waals surface area (Å²) in [6.07, 6.45) is 0. The lowest BCUT2D eigenvalue weighted by molar-refractivity contribution is 0.0997. The molecule has 0 heterocycles. The van der Waals surface area contributed by atoms with Crippen molar-refractivity contribution in [2.24, 2.45) is 0 Å². The maximum atomic E-state index is 12.4. The number of nitrogens with zero attached hydrogens (tertiary/aromatic N) is 1. The molecule has 2 rings (SSSR count). The third-order valence-corrected chi connectivity index (χ3v) is 3.30. The number of likely N-dealkylation sites (N-methyl/N-ethyl adjacent to an activating group) is 1. The zero-order valence-corrected chi connectivity index (χ0v) is 12.5. The normalized spacial score (nSPS) is 10.0. The van der Waals surface area contributed by atoms with Crippen LogP contribution in [-0.4, -0.2) is 33.6 Å². The number of carbonyl (C=O) groups excluding carboxylic acids is 1. The van der Waals surface area contributed by atoms with Gasteiger partial charge < -0.3 is 14.4 Å². The van der Waals surface area contributed by atoms with Crippen LogP contribution >= 0.6 is 0 Å². The molecule has 0 saturated carbocycles. The van der Waals surface area contributed by atoms with Gasteiger partial charge in [0.2, 0.25) is 0 Å². The first-order valence-corrected chi connectivity index (χ1v) is 6.67. The zero-order chi connectivity index (χ0) is 15.2. The Morgan fingerprint density at radius 2 is 1.67 bits per heavy atom. The van der Waals surface area contributed by atoms with E-state index in [1.807, 2.05) is 48.3 Å². The number of ketones is 1. The van der Waals surface area contributed by atoms with Crippen LogP contribution in [-0.2, 0) is 0 Å². The predicted molar refractivity (Wildman–Crippen MR) is 83.6 cm³/mol. The molecule has 0 N–H and O–H groups in total. The Hall–Kier alpha value is -2.49. The predicted octanol–water partition coefficient (Wildman–Crippen LogP) is 3.02. The Morgan fingerprint density at radius 1 is 1.00 bits per heavy atom. The molecule has 0 fully saturated rings. The molecule has 0 amide bonds. The van der Waals surface area contributed by atoms with Gasteiger partial charge in [-0.2, -0.15) is 0 Å². The van der Waals surface area contributed by atoms with Gasteiger partial charge in [0.05, 0.1) is 26.3 Å². The lowest BCUT2D eigenvalue weighted by atomic mass is 10.1. The van der Waals surface area contributed by atoms with E-state index in [1.54, 1.807) is 26.4 Å². The average Bonchev–Trinajstić information content (AvgIpc) is 2.54. The van der Waals surface area contributed by atoms with Gasteiger partial charge in [0, 0.05) is 12.7 Å². The van der Waals surface area contributed by atoms with Crippen LogP contribution in [0.4, 0.5) is 5.69 Å². The highest BCUT2D eigenvalue weighted by Gasteiger charge is 2.14. The summed E-state index contributed by atoms with van der Waals surface area (Å²) in [4.78, 5) is 14.3. The van der Waals surface area contributed by atoms with E-state index in [0.717, 1.165) is 11.4 Å². The van der Waals surface area contributed by atoms with Crippen molar-refractivity contribution in [3.8, 4) is 11.5 Å². The third-order valence-electron chi connectivity index (χ3n) is 3.30. The fraction of sp³-hybridized carbons (Fsp3) is 0.235. The van der Waals surface area contributed by atoms with Crippen LogP contribution in [0, 0.1) is 0 Å². The van der Waals surface area contributed by atoms with Crippen LogP contribution in [0.1, 0.15) is 10.4 Å². The highest BCUT2D eigenvalue weighted by Crippen LogP contribution is 2.21. The molecule has 0 radical (unpaired) electrons. The summed E-state index contributed by atoms with van der Waals surface area (Å²) in [7, 11) is 5.08. The van der Waals surface area contributed by atoms with Crippen molar-refractivity contribution in [2.45, 2.75) is 0 Å². The van der Waals surface area contributed by atoms with Gasteiger partial charge in [-0.1, -0.05) is 12.1 Å². The number of para-hydroxylation sites is 1. The summed E-state index contributed by atoms with van der Waals surface area (Å²) < 4.78 is 10.4. The van der Waals surface area contributed by atoms with E-state index in [4.69, 9.17) is 9.47 Å². The molecule has 110 valence electrons. The molecule has 4 nitrogen and oxygen atoms in total. The van der Waals surface area contributed by atoms with Gasteiger partial charge in [0.25, 0.3) is 0 Å². The lowest BCUT2D eigenvalue weighted by Crippen LogP contribution is -2.25. The van der Waals surface area contributed by atoms with E-state index >= 15 is 0 Å². The Labute approximate surface area is 124 Å². The molecule has 4 heteroatoms. The van der Waals surface area contributed by atoms with E-state index in [0.29, 0.717) is 11.3 Å². The summed E-state index contributed by atoms with van der Waals surface area (Å²) in [5, 5.41) is 0. The van der Waals surface area contributed by atoms with Gasteiger partial charge in [-0.3, -0.25) is 4.79 Å².